The standard InChI is InChI=1S/C16H15BrO2/c1-11-8-16(15(17)9-14(11)12(2)18)19-10-13-6-4-3-5-7-13/h3-9H,10H2,1-2H3. The maximum Gasteiger partial charge on any atom is 0.160 e. The Kier molecular flexibility index (Phi) is 4.38. The highest BCUT2D eigenvalue weighted by Gasteiger charge is 2.10. The topological polar surface area (TPSA) is 26.3 Å². The highest BCUT2D eigenvalue weighted by Crippen LogP contribution is 2.29. The van der Waals surface area contributed by atoms with E-state index < -0.39 is 0 Å². The first-order chi connectivity index (χ1) is 9.08. The lowest BCUT2D eigenvalue weighted by Crippen LogP contribution is -2.00. The van der Waals surface area contributed by atoms with Crippen molar-refractivity contribution in [3.63, 3.8) is 0 Å². The van der Waals surface area contributed by atoms with Crippen molar-refractivity contribution in [3.8, 4) is 5.75 Å². The predicted octanol–water partition coefficient (Wildman–Crippen LogP) is 4.54. The summed E-state index contributed by atoms with van der Waals surface area (Å²) in [6.07, 6.45) is 0. The fraction of sp³-hybridized carbons (Fsp3) is 0.188. The summed E-state index contributed by atoms with van der Waals surface area (Å²) in [6.45, 7) is 4.00. The number of rotatable bonds is 4. The molecule has 0 aliphatic heterocycles. The number of benzene rings is 2. The normalized spacial score (nSPS) is 10.3. The van der Waals surface area contributed by atoms with E-state index in [1.54, 1.807) is 6.92 Å². The molecule has 0 unspecified atom stereocenters. The Balaban J connectivity index is 2.17. The van der Waals surface area contributed by atoms with Crippen LogP contribution < -0.4 is 4.74 Å². The number of carbonyl (C=O) groups is 1. The summed E-state index contributed by atoms with van der Waals surface area (Å²) < 4.78 is 6.59. The fourth-order valence-corrected chi connectivity index (χ4v) is 2.34. The van der Waals surface area contributed by atoms with Gasteiger partial charge in [0.1, 0.15) is 12.4 Å². The van der Waals surface area contributed by atoms with E-state index in [9.17, 15) is 4.79 Å². The molecule has 2 nitrogen and oxygen atoms in total. The van der Waals surface area contributed by atoms with Gasteiger partial charge >= 0.3 is 0 Å². The molecular weight excluding hydrogens is 304 g/mol. The Morgan fingerprint density at radius 3 is 2.53 bits per heavy atom. The summed E-state index contributed by atoms with van der Waals surface area (Å²) in [7, 11) is 0. The minimum atomic E-state index is 0.0628. The summed E-state index contributed by atoms with van der Waals surface area (Å²) in [6, 6.07) is 13.7. The zero-order chi connectivity index (χ0) is 13.8. The molecule has 2 aromatic carbocycles. The molecule has 0 aliphatic carbocycles. The number of hydrogen-bond donors (Lipinski definition) is 0. The zero-order valence-corrected chi connectivity index (χ0v) is 12.5. The van der Waals surface area contributed by atoms with E-state index in [0.717, 1.165) is 26.9 Å². The van der Waals surface area contributed by atoms with Gasteiger partial charge in [-0.15, -0.1) is 0 Å². The van der Waals surface area contributed by atoms with Gasteiger partial charge in [0.15, 0.2) is 5.78 Å². The number of ether oxygens (including phenoxy) is 1. The molecule has 98 valence electrons. The van der Waals surface area contributed by atoms with Gasteiger partial charge in [0.05, 0.1) is 4.47 Å². The molecule has 19 heavy (non-hydrogen) atoms. The molecule has 0 atom stereocenters. The van der Waals surface area contributed by atoms with Crippen LogP contribution in [0.25, 0.3) is 0 Å². The van der Waals surface area contributed by atoms with Crippen LogP contribution in [0.15, 0.2) is 46.9 Å². The average molecular weight is 319 g/mol. The number of aryl methyl sites for hydroxylation is 1. The highest BCUT2D eigenvalue weighted by atomic mass is 79.9. The van der Waals surface area contributed by atoms with Crippen LogP contribution in [0, 0.1) is 6.92 Å². The van der Waals surface area contributed by atoms with Crippen molar-refractivity contribution in [1.82, 2.24) is 0 Å². The first kappa shape index (κ1) is 13.8. The Morgan fingerprint density at radius 2 is 1.89 bits per heavy atom. The second kappa shape index (κ2) is 6.02. The zero-order valence-electron chi connectivity index (χ0n) is 10.9. The van der Waals surface area contributed by atoms with E-state index in [1.807, 2.05) is 49.4 Å². The molecule has 0 aliphatic rings. The van der Waals surface area contributed by atoms with Gasteiger partial charge in [-0.25, -0.2) is 0 Å². The molecule has 0 amide bonds. The first-order valence-corrected chi connectivity index (χ1v) is 6.85. The van der Waals surface area contributed by atoms with Gasteiger partial charge in [-0.05, 0) is 53.0 Å². The Bertz CT molecular complexity index is 591. The fourth-order valence-electron chi connectivity index (χ4n) is 1.88. The maximum atomic E-state index is 11.4. The van der Waals surface area contributed by atoms with Crippen LogP contribution in [-0.4, -0.2) is 5.78 Å². The van der Waals surface area contributed by atoms with Gasteiger partial charge in [-0.3, -0.25) is 4.79 Å². The van der Waals surface area contributed by atoms with Crippen molar-refractivity contribution in [1.29, 1.82) is 0 Å². The van der Waals surface area contributed by atoms with E-state index in [0.29, 0.717) is 6.61 Å². The number of carbonyl (C=O) groups excluding carboxylic acids is 1. The second-order valence-corrected chi connectivity index (χ2v) is 5.28. The van der Waals surface area contributed by atoms with Crippen LogP contribution in [0.3, 0.4) is 0 Å². The molecular formula is C16H15BrO2. The van der Waals surface area contributed by atoms with E-state index in [2.05, 4.69) is 15.9 Å². The van der Waals surface area contributed by atoms with Crippen LogP contribution in [-0.2, 0) is 6.61 Å². The third kappa shape index (κ3) is 3.44. The Hall–Kier alpha value is -1.61. The van der Waals surface area contributed by atoms with Crippen LogP contribution >= 0.6 is 15.9 Å². The van der Waals surface area contributed by atoms with Gasteiger partial charge < -0.3 is 4.74 Å². The molecule has 0 radical (unpaired) electrons. The first-order valence-electron chi connectivity index (χ1n) is 6.05. The third-order valence-electron chi connectivity index (χ3n) is 2.90. The lowest BCUT2D eigenvalue weighted by molar-refractivity contribution is 0.101. The van der Waals surface area contributed by atoms with Crippen molar-refractivity contribution in [2.45, 2.75) is 20.5 Å². The van der Waals surface area contributed by atoms with Crippen molar-refractivity contribution < 1.29 is 9.53 Å². The van der Waals surface area contributed by atoms with Crippen molar-refractivity contribution >= 4 is 21.7 Å². The molecule has 0 saturated carbocycles. The monoisotopic (exact) mass is 318 g/mol. The van der Waals surface area contributed by atoms with Crippen LogP contribution in [0.1, 0.15) is 28.4 Å². The Labute approximate surface area is 121 Å². The van der Waals surface area contributed by atoms with Crippen molar-refractivity contribution in [2.75, 3.05) is 0 Å². The summed E-state index contributed by atoms with van der Waals surface area (Å²) in [4.78, 5) is 11.4. The minimum Gasteiger partial charge on any atom is -0.488 e. The SMILES string of the molecule is CC(=O)c1cc(Br)c(OCc2ccccc2)cc1C. The van der Waals surface area contributed by atoms with Gasteiger partial charge in [0.25, 0.3) is 0 Å². The molecule has 0 bridgehead atoms. The molecule has 0 heterocycles. The second-order valence-electron chi connectivity index (χ2n) is 4.43. The van der Waals surface area contributed by atoms with Crippen LogP contribution in [0.4, 0.5) is 0 Å². The van der Waals surface area contributed by atoms with Crippen molar-refractivity contribution in [3.05, 3.63) is 63.6 Å². The lowest BCUT2D eigenvalue weighted by Gasteiger charge is -2.11. The van der Waals surface area contributed by atoms with E-state index in [-0.39, 0.29) is 5.78 Å². The van der Waals surface area contributed by atoms with E-state index in [4.69, 9.17) is 4.74 Å². The van der Waals surface area contributed by atoms with E-state index >= 15 is 0 Å². The number of halogens is 1. The highest BCUT2D eigenvalue weighted by molar-refractivity contribution is 9.10. The summed E-state index contributed by atoms with van der Waals surface area (Å²) >= 11 is 3.45. The third-order valence-corrected chi connectivity index (χ3v) is 3.52. The maximum absolute atomic E-state index is 11.4. The minimum absolute atomic E-state index is 0.0628. The van der Waals surface area contributed by atoms with Gasteiger partial charge in [0.2, 0.25) is 0 Å². The summed E-state index contributed by atoms with van der Waals surface area (Å²) in [5, 5.41) is 0. The number of Topliss-reactive ketones (excluding diaryl/α,β-unsaturated/α-hetero) is 1. The summed E-state index contributed by atoms with van der Waals surface area (Å²) in [5.41, 5.74) is 2.76. The van der Waals surface area contributed by atoms with Crippen LogP contribution in [0.2, 0.25) is 0 Å². The largest absolute Gasteiger partial charge is 0.488 e. The van der Waals surface area contributed by atoms with E-state index in [1.165, 1.54) is 0 Å². The molecule has 0 aromatic heterocycles. The van der Waals surface area contributed by atoms with Gasteiger partial charge in [0, 0.05) is 5.56 Å². The van der Waals surface area contributed by atoms with Crippen molar-refractivity contribution in [2.24, 2.45) is 0 Å². The molecule has 0 fully saturated rings. The van der Waals surface area contributed by atoms with Gasteiger partial charge in [-0.1, -0.05) is 30.3 Å². The molecule has 0 spiro atoms. The smallest absolute Gasteiger partial charge is 0.160 e. The predicted molar refractivity (Wildman–Crippen MR) is 79.7 cm³/mol. The number of hydrogen-bond acceptors (Lipinski definition) is 2. The molecule has 0 N–H and O–H groups in total. The quantitative estimate of drug-likeness (QED) is 0.774. The Morgan fingerprint density at radius 1 is 1.21 bits per heavy atom. The molecule has 0 saturated heterocycles. The molecule has 2 aromatic rings. The van der Waals surface area contributed by atoms with Crippen LogP contribution in [0.5, 0.6) is 5.75 Å². The summed E-state index contributed by atoms with van der Waals surface area (Å²) in [5.74, 6) is 0.819. The molecule has 3 heteroatoms. The van der Waals surface area contributed by atoms with Gasteiger partial charge in [-0.2, -0.15) is 0 Å². The number of ketones is 1. The average Bonchev–Trinajstić information content (AvgIpc) is 2.40. The lowest BCUT2D eigenvalue weighted by atomic mass is 10.1. The molecule has 2 rings (SSSR count).